The van der Waals surface area contributed by atoms with Crippen LogP contribution in [0, 0.1) is 6.61 Å². The van der Waals surface area contributed by atoms with E-state index in [1.165, 1.54) is 0 Å². The minimum Gasteiger partial charge on any atom is -0.321 e. The van der Waals surface area contributed by atoms with E-state index >= 15 is 0 Å². The number of rotatable bonds is 1. The average Bonchev–Trinajstić information content (AvgIpc) is 2.12. The van der Waals surface area contributed by atoms with Crippen LogP contribution < -0.4 is 0 Å². The summed E-state index contributed by atoms with van der Waals surface area (Å²) in [7, 11) is 0. The van der Waals surface area contributed by atoms with E-state index in [9.17, 15) is 13.2 Å². The first kappa shape index (κ1) is 7.49. The molecule has 1 rings (SSSR count). The van der Waals surface area contributed by atoms with Crippen molar-refractivity contribution in [1.29, 1.82) is 0 Å². The third-order valence-electron chi connectivity index (χ3n) is 0.698. The molecular weight excluding hydrogens is 151 g/mol. The number of hydrogen-bond donors (Lipinski definition) is 0. The van der Waals surface area contributed by atoms with Crippen LogP contribution >= 0.6 is 0 Å². The van der Waals surface area contributed by atoms with Gasteiger partial charge in [-0.1, -0.05) is 0 Å². The second-order valence-electron chi connectivity index (χ2n) is 1.44. The Morgan fingerprint density at radius 2 is 2.20 bits per heavy atom. The third-order valence-corrected chi connectivity index (χ3v) is 0.698. The van der Waals surface area contributed by atoms with Gasteiger partial charge < -0.3 is 4.74 Å². The van der Waals surface area contributed by atoms with Crippen molar-refractivity contribution in [2.45, 2.75) is 12.8 Å². The van der Waals surface area contributed by atoms with Gasteiger partial charge in [0.05, 0.1) is 0 Å². The molecule has 1 aliphatic rings. The molecule has 0 aromatic heterocycles. The average molecular weight is 154 g/mol. The van der Waals surface area contributed by atoms with Crippen molar-refractivity contribution < 1.29 is 22.6 Å². The number of alkyl halides is 3. The number of halogens is 3. The molecule has 0 spiro atoms. The molecule has 1 aliphatic heterocycles. The van der Waals surface area contributed by atoms with E-state index in [0.717, 1.165) is 12.8 Å². The predicted molar refractivity (Wildman–Crippen MR) is 24.8 cm³/mol. The van der Waals surface area contributed by atoms with Crippen molar-refractivity contribution in [3.8, 4) is 0 Å². The summed E-state index contributed by atoms with van der Waals surface area (Å²) in [6.07, 6.45) is -5.16. The second-order valence-corrected chi connectivity index (χ2v) is 1.44. The summed E-state index contributed by atoms with van der Waals surface area (Å²) in [5, 5.41) is 0. The fourth-order valence-electron chi connectivity index (χ4n) is 0.415. The normalized spacial score (nSPS) is 25.7. The summed E-state index contributed by atoms with van der Waals surface area (Å²) < 4.78 is 41.5. The molecule has 1 radical (unpaired) electrons. The second kappa shape index (κ2) is 2.55. The van der Waals surface area contributed by atoms with E-state index < -0.39 is 12.8 Å². The van der Waals surface area contributed by atoms with Crippen LogP contribution in [0.2, 0.25) is 0 Å². The molecule has 1 atom stereocenters. The lowest BCUT2D eigenvalue weighted by molar-refractivity contribution is -0.370. The van der Waals surface area contributed by atoms with Crippen molar-refractivity contribution in [3.05, 3.63) is 6.61 Å². The van der Waals surface area contributed by atoms with Crippen LogP contribution in [0.15, 0.2) is 4.99 Å². The first-order valence-corrected chi connectivity index (χ1v) is 2.33. The number of aliphatic imine (C=N–C) groups is 1. The summed E-state index contributed by atoms with van der Waals surface area (Å²) in [5.74, 6) is 0. The van der Waals surface area contributed by atoms with Gasteiger partial charge in [-0.3, -0.25) is 0 Å². The molecule has 0 N–H and O–H groups in total. The van der Waals surface area contributed by atoms with Gasteiger partial charge >= 0.3 is 6.36 Å². The number of hydrogen-bond acceptors (Lipinski definition) is 3. The number of nitrogens with zero attached hydrogens (tertiary/aromatic N) is 1. The van der Waals surface area contributed by atoms with E-state index in [1.54, 1.807) is 0 Å². The molecule has 1 heterocycles. The molecular formula is C4H3F3NO2. The van der Waals surface area contributed by atoms with Crippen LogP contribution in [-0.4, -0.2) is 19.0 Å². The summed E-state index contributed by atoms with van der Waals surface area (Å²) in [4.78, 5) is 3.18. The molecule has 0 aromatic carbocycles. The lowest BCUT2D eigenvalue weighted by Crippen LogP contribution is -2.21. The maximum absolute atomic E-state index is 11.3. The molecule has 3 nitrogen and oxygen atoms in total. The Labute approximate surface area is 54.4 Å². The van der Waals surface area contributed by atoms with Crippen molar-refractivity contribution >= 4 is 6.21 Å². The molecule has 0 aliphatic carbocycles. The summed E-state index contributed by atoms with van der Waals surface area (Å²) in [5.41, 5.74) is 0. The highest BCUT2D eigenvalue weighted by Gasteiger charge is 2.34. The Morgan fingerprint density at radius 3 is 2.60 bits per heavy atom. The standard InChI is InChI=1S/C4H3F3NO2/c5-4(6,7)10-3-8-1-2-9-3/h1-3H. The minimum absolute atomic E-state index is 1.02. The van der Waals surface area contributed by atoms with Crippen LogP contribution in [0.1, 0.15) is 0 Å². The van der Waals surface area contributed by atoms with E-state index in [-0.39, 0.29) is 0 Å². The summed E-state index contributed by atoms with van der Waals surface area (Å²) in [6.45, 7) is 1.02. The van der Waals surface area contributed by atoms with Gasteiger partial charge in [-0.15, -0.1) is 13.2 Å². The molecule has 0 amide bonds. The zero-order valence-electron chi connectivity index (χ0n) is 4.63. The molecule has 0 saturated carbocycles. The Hall–Kier alpha value is -0.620. The van der Waals surface area contributed by atoms with Gasteiger partial charge in [-0.05, 0) is 0 Å². The summed E-state index contributed by atoms with van der Waals surface area (Å²) in [6, 6.07) is 0. The maximum Gasteiger partial charge on any atom is 0.526 e. The van der Waals surface area contributed by atoms with Crippen molar-refractivity contribution in [2.24, 2.45) is 4.99 Å². The highest BCUT2D eigenvalue weighted by Crippen LogP contribution is 2.21. The van der Waals surface area contributed by atoms with Gasteiger partial charge in [0, 0.05) is 6.21 Å². The van der Waals surface area contributed by atoms with E-state index in [0.29, 0.717) is 0 Å². The quantitative estimate of drug-likeness (QED) is 0.565. The zero-order chi connectivity index (χ0) is 7.61. The van der Waals surface area contributed by atoms with E-state index in [1.807, 2.05) is 0 Å². The van der Waals surface area contributed by atoms with Gasteiger partial charge in [-0.25, -0.2) is 9.73 Å². The van der Waals surface area contributed by atoms with Crippen molar-refractivity contribution in [3.63, 3.8) is 0 Å². The first-order valence-electron chi connectivity index (χ1n) is 2.33. The van der Waals surface area contributed by atoms with E-state index in [4.69, 9.17) is 0 Å². The van der Waals surface area contributed by atoms with Gasteiger partial charge in [0.25, 0.3) is 6.41 Å². The molecule has 0 bridgehead atoms. The van der Waals surface area contributed by atoms with Crippen molar-refractivity contribution in [2.75, 3.05) is 0 Å². The Morgan fingerprint density at radius 1 is 1.50 bits per heavy atom. The lowest BCUT2D eigenvalue weighted by atomic mass is 10.8. The monoisotopic (exact) mass is 154 g/mol. The third kappa shape index (κ3) is 2.32. The molecule has 0 aromatic rings. The van der Waals surface area contributed by atoms with Crippen LogP contribution in [0.25, 0.3) is 0 Å². The van der Waals surface area contributed by atoms with Gasteiger partial charge in [0.2, 0.25) is 0 Å². The van der Waals surface area contributed by atoms with Crippen LogP contribution in [0.3, 0.4) is 0 Å². The lowest BCUT2D eigenvalue weighted by Gasteiger charge is -2.09. The van der Waals surface area contributed by atoms with Crippen LogP contribution in [0.4, 0.5) is 13.2 Å². The Kier molecular flexibility index (Phi) is 1.91. The fourth-order valence-corrected chi connectivity index (χ4v) is 0.415. The Bertz CT molecular complexity index is 144. The van der Waals surface area contributed by atoms with Crippen molar-refractivity contribution in [1.82, 2.24) is 0 Å². The van der Waals surface area contributed by atoms with E-state index in [2.05, 4.69) is 14.5 Å². The highest BCUT2D eigenvalue weighted by atomic mass is 19.4. The highest BCUT2D eigenvalue weighted by molar-refractivity contribution is 5.66. The zero-order valence-corrected chi connectivity index (χ0v) is 4.63. The molecule has 1 unspecified atom stereocenters. The topological polar surface area (TPSA) is 30.8 Å². The maximum atomic E-state index is 11.3. The predicted octanol–water partition coefficient (Wildman–Crippen LogP) is 1.07. The first-order chi connectivity index (χ1) is 4.58. The number of ether oxygens (including phenoxy) is 2. The molecule has 57 valence electrons. The molecule has 6 heteroatoms. The largest absolute Gasteiger partial charge is 0.526 e. The fraction of sp³-hybridized carbons (Fsp3) is 0.500. The molecule has 10 heavy (non-hydrogen) atoms. The van der Waals surface area contributed by atoms with Gasteiger partial charge in [-0.2, -0.15) is 0 Å². The SMILES string of the molecule is FC(F)(F)OC1N=C[CH]O1. The van der Waals surface area contributed by atoms with Gasteiger partial charge in [0.1, 0.15) is 6.61 Å². The summed E-state index contributed by atoms with van der Waals surface area (Å²) >= 11 is 0. The molecule has 0 fully saturated rings. The van der Waals surface area contributed by atoms with Crippen LogP contribution in [-0.2, 0) is 9.47 Å². The molecule has 0 saturated heterocycles. The van der Waals surface area contributed by atoms with Crippen LogP contribution in [0.5, 0.6) is 0 Å². The smallest absolute Gasteiger partial charge is 0.321 e. The Balaban J connectivity index is 2.31. The van der Waals surface area contributed by atoms with Gasteiger partial charge in [0.15, 0.2) is 0 Å². The minimum atomic E-state index is -4.69.